The molecule has 0 radical (unpaired) electrons. The van der Waals surface area contributed by atoms with Crippen LogP contribution in [0.2, 0.25) is 0 Å². The maximum absolute atomic E-state index is 12.5. The predicted molar refractivity (Wildman–Crippen MR) is 97.4 cm³/mol. The minimum absolute atomic E-state index is 0.00574. The van der Waals surface area contributed by atoms with Gasteiger partial charge in [-0.1, -0.05) is 25.3 Å². The molecule has 3 rings (SSSR count). The van der Waals surface area contributed by atoms with Gasteiger partial charge in [-0.15, -0.1) is 0 Å². The van der Waals surface area contributed by atoms with Crippen LogP contribution in [-0.2, 0) is 14.8 Å². The lowest BCUT2D eigenvalue weighted by Gasteiger charge is -2.34. The molecule has 1 N–H and O–H groups in total. The fourth-order valence-corrected chi connectivity index (χ4v) is 4.47. The number of hydrogen-bond donors (Lipinski definition) is 1. The van der Waals surface area contributed by atoms with Crippen molar-refractivity contribution in [1.29, 1.82) is 0 Å². The maximum atomic E-state index is 12.5. The largest absolute Gasteiger partial charge is 0.476 e. The van der Waals surface area contributed by atoms with Crippen LogP contribution in [0.15, 0.2) is 18.2 Å². The molecule has 25 heavy (non-hydrogen) atoms. The number of hydrogen-bond acceptors (Lipinski definition) is 4. The van der Waals surface area contributed by atoms with Crippen LogP contribution in [0.25, 0.3) is 0 Å². The topological polar surface area (TPSA) is 75.7 Å². The van der Waals surface area contributed by atoms with Crippen molar-refractivity contribution in [2.75, 3.05) is 23.7 Å². The number of rotatable bonds is 4. The molecule has 1 aliphatic carbocycles. The van der Waals surface area contributed by atoms with Crippen LogP contribution < -0.4 is 14.4 Å². The number of sulfonamides is 1. The lowest BCUT2D eigenvalue weighted by molar-refractivity contribution is -0.128. The number of carbonyl (C=O) groups excluding carboxylic acids is 1. The normalized spacial score (nSPS) is 21.4. The van der Waals surface area contributed by atoms with Crippen LogP contribution in [0.3, 0.4) is 0 Å². The van der Waals surface area contributed by atoms with Crippen LogP contribution in [0.1, 0.15) is 37.7 Å². The van der Waals surface area contributed by atoms with Gasteiger partial charge in [0.05, 0.1) is 18.5 Å². The highest BCUT2D eigenvalue weighted by Gasteiger charge is 2.35. The van der Waals surface area contributed by atoms with E-state index in [0.717, 1.165) is 24.7 Å². The molecule has 0 unspecified atom stereocenters. The number of anilines is 1. The minimum Gasteiger partial charge on any atom is -0.476 e. The lowest BCUT2D eigenvalue weighted by atomic mass is 9.89. The highest BCUT2D eigenvalue weighted by molar-refractivity contribution is 7.92. The molecule has 2 aliphatic rings. The number of aryl methyl sites for hydroxylation is 1. The number of carbonyl (C=O) groups is 1. The molecule has 1 atom stereocenters. The van der Waals surface area contributed by atoms with E-state index in [1.54, 1.807) is 12.1 Å². The van der Waals surface area contributed by atoms with Gasteiger partial charge >= 0.3 is 0 Å². The molecule has 1 fully saturated rings. The molecule has 0 spiro atoms. The summed E-state index contributed by atoms with van der Waals surface area (Å²) in [7, 11) is -3.48. The van der Waals surface area contributed by atoms with Crippen molar-refractivity contribution >= 4 is 21.6 Å². The molecule has 0 saturated heterocycles. The number of fused-ring (bicyclic) bond motifs is 1. The molecule has 1 saturated carbocycles. The smallest absolute Gasteiger partial charge is 0.263 e. The Morgan fingerprint density at radius 2 is 2.00 bits per heavy atom. The summed E-state index contributed by atoms with van der Waals surface area (Å²) in [6.07, 6.45) is 6.32. The standard InChI is InChI=1S/C18H26N2O4S/c1-13-8-9-16-15(10-13)20(25(2,22)23)12-17(24-16)18(21)19-11-14-6-4-3-5-7-14/h8-10,14,17H,3-7,11-12H2,1-2H3,(H,19,21)/t17-/m1/s1. The highest BCUT2D eigenvalue weighted by Crippen LogP contribution is 2.35. The summed E-state index contributed by atoms with van der Waals surface area (Å²) in [5, 5.41) is 2.95. The average molecular weight is 366 g/mol. The van der Waals surface area contributed by atoms with E-state index >= 15 is 0 Å². The van der Waals surface area contributed by atoms with E-state index < -0.39 is 16.1 Å². The monoisotopic (exact) mass is 366 g/mol. The van der Waals surface area contributed by atoms with Crippen molar-refractivity contribution in [1.82, 2.24) is 5.32 Å². The Morgan fingerprint density at radius 3 is 2.68 bits per heavy atom. The SMILES string of the molecule is Cc1ccc2c(c1)N(S(C)(=O)=O)C[C@H](C(=O)NCC1CCCCC1)O2. The van der Waals surface area contributed by atoms with Crippen LogP contribution >= 0.6 is 0 Å². The summed E-state index contributed by atoms with van der Waals surface area (Å²) in [5.74, 6) is 0.702. The molecule has 138 valence electrons. The van der Waals surface area contributed by atoms with Gasteiger partial charge in [-0.3, -0.25) is 9.10 Å². The summed E-state index contributed by atoms with van der Waals surface area (Å²) in [5.41, 5.74) is 1.44. The fourth-order valence-electron chi connectivity index (χ4n) is 3.56. The molecular formula is C18H26N2O4S. The third kappa shape index (κ3) is 4.26. The zero-order valence-corrected chi connectivity index (χ0v) is 15.6. The van der Waals surface area contributed by atoms with Gasteiger partial charge in [0.1, 0.15) is 5.75 Å². The van der Waals surface area contributed by atoms with Crippen LogP contribution in [-0.4, -0.2) is 39.8 Å². The first-order chi connectivity index (χ1) is 11.8. The van der Waals surface area contributed by atoms with Gasteiger partial charge in [-0.2, -0.15) is 0 Å². The summed E-state index contributed by atoms with van der Waals surface area (Å²) in [6.45, 7) is 2.54. The Bertz CT molecular complexity index is 741. The minimum atomic E-state index is -3.48. The Kier molecular flexibility index (Phi) is 5.22. The van der Waals surface area contributed by atoms with Gasteiger partial charge in [0, 0.05) is 6.54 Å². The summed E-state index contributed by atoms with van der Waals surface area (Å²) in [4.78, 5) is 12.5. The van der Waals surface area contributed by atoms with E-state index in [-0.39, 0.29) is 12.5 Å². The highest BCUT2D eigenvalue weighted by atomic mass is 32.2. The zero-order chi connectivity index (χ0) is 18.0. The van der Waals surface area contributed by atoms with Gasteiger partial charge < -0.3 is 10.1 Å². The van der Waals surface area contributed by atoms with Crippen molar-refractivity contribution in [3.8, 4) is 5.75 Å². The molecule has 7 heteroatoms. The molecule has 1 heterocycles. The van der Waals surface area contributed by atoms with Crippen LogP contribution in [0.4, 0.5) is 5.69 Å². The van der Waals surface area contributed by atoms with E-state index in [0.29, 0.717) is 23.9 Å². The number of nitrogens with zero attached hydrogens (tertiary/aromatic N) is 1. The molecule has 1 aromatic carbocycles. The molecule has 6 nitrogen and oxygen atoms in total. The molecule has 1 amide bonds. The van der Waals surface area contributed by atoms with E-state index in [4.69, 9.17) is 4.74 Å². The first-order valence-corrected chi connectivity index (χ1v) is 10.7. The summed E-state index contributed by atoms with van der Waals surface area (Å²) < 4.78 is 31.4. The van der Waals surface area contributed by atoms with Gasteiger partial charge in [0.15, 0.2) is 6.10 Å². The van der Waals surface area contributed by atoms with Crippen LogP contribution in [0, 0.1) is 12.8 Å². The third-order valence-corrected chi connectivity index (χ3v) is 6.11. The summed E-state index contributed by atoms with van der Waals surface area (Å²) in [6, 6.07) is 5.34. The van der Waals surface area contributed by atoms with Crippen molar-refractivity contribution in [3.05, 3.63) is 23.8 Å². The van der Waals surface area contributed by atoms with E-state index in [1.807, 2.05) is 13.0 Å². The van der Waals surface area contributed by atoms with Gasteiger partial charge in [0.2, 0.25) is 10.0 Å². The Labute approximate surface area is 149 Å². The van der Waals surface area contributed by atoms with Crippen molar-refractivity contribution in [2.24, 2.45) is 5.92 Å². The molecule has 0 aromatic heterocycles. The molecule has 1 aliphatic heterocycles. The second-order valence-electron chi connectivity index (χ2n) is 7.12. The summed E-state index contributed by atoms with van der Waals surface area (Å²) >= 11 is 0. The fraction of sp³-hybridized carbons (Fsp3) is 0.611. The Hall–Kier alpha value is -1.76. The number of benzene rings is 1. The van der Waals surface area contributed by atoms with E-state index in [2.05, 4.69) is 5.32 Å². The third-order valence-electron chi connectivity index (χ3n) is 4.97. The molecule has 1 aromatic rings. The zero-order valence-electron chi connectivity index (χ0n) is 14.8. The second kappa shape index (κ2) is 7.23. The first kappa shape index (κ1) is 18.0. The number of nitrogens with one attached hydrogen (secondary N) is 1. The number of amides is 1. The predicted octanol–water partition coefficient (Wildman–Crippen LogP) is 2.22. The molecular weight excluding hydrogens is 340 g/mol. The van der Waals surface area contributed by atoms with E-state index in [1.165, 1.54) is 23.6 Å². The first-order valence-electron chi connectivity index (χ1n) is 8.87. The van der Waals surface area contributed by atoms with Gasteiger partial charge in [-0.25, -0.2) is 8.42 Å². The quantitative estimate of drug-likeness (QED) is 0.886. The van der Waals surface area contributed by atoms with Crippen LogP contribution in [0.5, 0.6) is 5.75 Å². The average Bonchev–Trinajstić information content (AvgIpc) is 2.58. The lowest BCUT2D eigenvalue weighted by Crippen LogP contribution is -2.51. The second-order valence-corrected chi connectivity index (χ2v) is 9.03. The van der Waals surface area contributed by atoms with Gasteiger partial charge in [-0.05, 0) is 43.4 Å². The van der Waals surface area contributed by atoms with Gasteiger partial charge in [0.25, 0.3) is 5.91 Å². The maximum Gasteiger partial charge on any atom is 0.263 e. The molecule has 0 bridgehead atoms. The van der Waals surface area contributed by atoms with Crippen molar-refractivity contribution < 1.29 is 17.9 Å². The van der Waals surface area contributed by atoms with Crippen molar-refractivity contribution in [2.45, 2.75) is 45.1 Å². The van der Waals surface area contributed by atoms with Crippen molar-refractivity contribution in [3.63, 3.8) is 0 Å². The van der Waals surface area contributed by atoms with E-state index in [9.17, 15) is 13.2 Å². The number of ether oxygens (including phenoxy) is 1. The Morgan fingerprint density at radius 1 is 1.28 bits per heavy atom. The Balaban J connectivity index is 1.72.